The van der Waals surface area contributed by atoms with Crippen molar-refractivity contribution in [1.82, 2.24) is 5.32 Å². The molecule has 1 nitrogen and oxygen atoms in total. The van der Waals surface area contributed by atoms with E-state index >= 15 is 0 Å². The highest BCUT2D eigenvalue weighted by molar-refractivity contribution is 4.92. The largest absolute Gasteiger partial charge is 0.314 e. The lowest BCUT2D eigenvalue weighted by atomic mass is 9.60. The summed E-state index contributed by atoms with van der Waals surface area (Å²) in [6, 6.07) is 0.886. The van der Waals surface area contributed by atoms with Gasteiger partial charge in [-0.25, -0.2) is 0 Å². The highest BCUT2D eigenvalue weighted by Crippen LogP contribution is 2.49. The van der Waals surface area contributed by atoms with Gasteiger partial charge < -0.3 is 5.32 Å². The molecule has 1 heteroatoms. The number of rotatable bonds is 5. The Bertz CT molecular complexity index is 321. The first-order valence-electron chi connectivity index (χ1n) is 9.81. The van der Waals surface area contributed by atoms with Gasteiger partial charge in [-0.1, -0.05) is 40.0 Å². The van der Waals surface area contributed by atoms with E-state index < -0.39 is 0 Å². The maximum Gasteiger partial charge on any atom is 0.00683 e. The Morgan fingerprint density at radius 3 is 2.29 bits per heavy atom. The zero-order chi connectivity index (χ0) is 14.9. The first kappa shape index (κ1) is 15.8. The van der Waals surface area contributed by atoms with Gasteiger partial charge in [-0.2, -0.15) is 0 Å². The Morgan fingerprint density at radius 2 is 1.67 bits per heavy atom. The molecule has 3 aliphatic rings. The standard InChI is InChI=1S/C20H37N/c1-4-15-5-7-16(8-6-15)19-13-20(2,3)12-11-17(19)14-21-18-9-10-18/h15-19,21H,4-14H2,1-3H3. The van der Waals surface area contributed by atoms with Crippen LogP contribution in [0.3, 0.4) is 0 Å². The van der Waals surface area contributed by atoms with Gasteiger partial charge in [0.25, 0.3) is 0 Å². The number of hydrogen-bond acceptors (Lipinski definition) is 1. The second-order valence-corrected chi connectivity index (χ2v) is 9.20. The molecule has 2 unspecified atom stereocenters. The number of hydrogen-bond donors (Lipinski definition) is 1. The maximum absolute atomic E-state index is 3.84. The Hall–Kier alpha value is -0.0400. The molecule has 0 heterocycles. The zero-order valence-electron chi connectivity index (χ0n) is 14.7. The van der Waals surface area contributed by atoms with E-state index in [1.54, 1.807) is 0 Å². The smallest absolute Gasteiger partial charge is 0.00683 e. The van der Waals surface area contributed by atoms with Crippen molar-refractivity contribution in [2.24, 2.45) is 29.1 Å². The summed E-state index contributed by atoms with van der Waals surface area (Å²) in [5, 5.41) is 3.84. The lowest BCUT2D eigenvalue weighted by molar-refractivity contribution is 0.0497. The molecule has 3 aliphatic carbocycles. The van der Waals surface area contributed by atoms with E-state index in [2.05, 4.69) is 26.1 Å². The topological polar surface area (TPSA) is 12.0 Å². The Balaban J connectivity index is 1.59. The van der Waals surface area contributed by atoms with Crippen molar-refractivity contribution in [2.75, 3.05) is 6.54 Å². The SMILES string of the molecule is CCC1CCC(C2CC(C)(C)CCC2CNC2CC2)CC1. The van der Waals surface area contributed by atoms with Gasteiger partial charge in [0.15, 0.2) is 0 Å². The molecule has 122 valence electrons. The second kappa shape index (κ2) is 6.60. The quantitative estimate of drug-likeness (QED) is 0.715. The summed E-state index contributed by atoms with van der Waals surface area (Å²) in [5.41, 5.74) is 0.600. The molecule has 0 amide bonds. The van der Waals surface area contributed by atoms with E-state index in [9.17, 15) is 0 Å². The number of nitrogens with one attached hydrogen (secondary N) is 1. The molecular weight excluding hydrogens is 254 g/mol. The lowest BCUT2D eigenvalue weighted by Gasteiger charge is -2.46. The van der Waals surface area contributed by atoms with Crippen LogP contribution in [0.15, 0.2) is 0 Å². The van der Waals surface area contributed by atoms with Crippen LogP contribution in [-0.2, 0) is 0 Å². The molecule has 3 fully saturated rings. The molecule has 0 aliphatic heterocycles. The van der Waals surface area contributed by atoms with Crippen LogP contribution in [-0.4, -0.2) is 12.6 Å². The first-order valence-corrected chi connectivity index (χ1v) is 9.81. The highest BCUT2D eigenvalue weighted by Gasteiger charge is 2.40. The molecule has 0 radical (unpaired) electrons. The van der Waals surface area contributed by atoms with E-state index in [4.69, 9.17) is 0 Å². The van der Waals surface area contributed by atoms with Gasteiger partial charge in [-0.05, 0) is 80.6 Å². The average molecular weight is 292 g/mol. The molecule has 3 rings (SSSR count). The van der Waals surface area contributed by atoms with Crippen LogP contribution in [0.1, 0.15) is 85.0 Å². The molecule has 0 saturated heterocycles. The predicted molar refractivity (Wildman–Crippen MR) is 91.4 cm³/mol. The molecule has 0 aromatic carbocycles. The van der Waals surface area contributed by atoms with Crippen molar-refractivity contribution in [3.8, 4) is 0 Å². The van der Waals surface area contributed by atoms with Gasteiger partial charge in [-0.3, -0.25) is 0 Å². The van der Waals surface area contributed by atoms with Crippen molar-refractivity contribution < 1.29 is 0 Å². The fourth-order valence-electron chi connectivity index (χ4n) is 5.13. The third kappa shape index (κ3) is 4.24. The van der Waals surface area contributed by atoms with Crippen LogP contribution < -0.4 is 5.32 Å². The van der Waals surface area contributed by atoms with Crippen molar-refractivity contribution in [3.05, 3.63) is 0 Å². The monoisotopic (exact) mass is 291 g/mol. The summed E-state index contributed by atoms with van der Waals surface area (Å²) >= 11 is 0. The molecular formula is C20H37N. The van der Waals surface area contributed by atoms with Crippen molar-refractivity contribution in [2.45, 2.75) is 91.0 Å². The molecule has 0 aromatic heterocycles. The molecule has 2 atom stereocenters. The van der Waals surface area contributed by atoms with Crippen molar-refractivity contribution >= 4 is 0 Å². The summed E-state index contributed by atoms with van der Waals surface area (Å²) in [7, 11) is 0. The Kier molecular flexibility index (Phi) is 4.98. The molecule has 21 heavy (non-hydrogen) atoms. The van der Waals surface area contributed by atoms with Crippen LogP contribution in [0.4, 0.5) is 0 Å². The summed E-state index contributed by atoms with van der Waals surface area (Å²) in [4.78, 5) is 0. The summed E-state index contributed by atoms with van der Waals surface area (Å²) < 4.78 is 0. The minimum absolute atomic E-state index is 0.600. The zero-order valence-corrected chi connectivity index (χ0v) is 14.7. The lowest BCUT2D eigenvalue weighted by Crippen LogP contribution is -2.40. The highest BCUT2D eigenvalue weighted by atomic mass is 14.9. The van der Waals surface area contributed by atoms with Crippen molar-refractivity contribution in [1.29, 1.82) is 0 Å². The molecule has 0 aromatic rings. The molecule has 1 N–H and O–H groups in total. The minimum atomic E-state index is 0.600. The third-order valence-electron chi connectivity index (χ3n) is 6.91. The third-order valence-corrected chi connectivity index (χ3v) is 6.91. The van der Waals surface area contributed by atoms with Gasteiger partial charge in [0.05, 0.1) is 0 Å². The fourth-order valence-corrected chi connectivity index (χ4v) is 5.13. The van der Waals surface area contributed by atoms with E-state index in [1.165, 1.54) is 70.8 Å². The second-order valence-electron chi connectivity index (χ2n) is 9.20. The van der Waals surface area contributed by atoms with Crippen LogP contribution in [0, 0.1) is 29.1 Å². The van der Waals surface area contributed by atoms with Crippen LogP contribution in [0.2, 0.25) is 0 Å². The summed E-state index contributed by atoms with van der Waals surface area (Å²) in [6.45, 7) is 8.74. The Labute approximate surface area is 132 Å². The summed E-state index contributed by atoms with van der Waals surface area (Å²) in [5.74, 6) is 4.07. The van der Waals surface area contributed by atoms with Crippen LogP contribution in [0.25, 0.3) is 0 Å². The van der Waals surface area contributed by atoms with E-state index in [0.29, 0.717) is 5.41 Å². The van der Waals surface area contributed by atoms with Crippen molar-refractivity contribution in [3.63, 3.8) is 0 Å². The first-order chi connectivity index (χ1) is 10.1. The van der Waals surface area contributed by atoms with Gasteiger partial charge in [0.1, 0.15) is 0 Å². The van der Waals surface area contributed by atoms with E-state index in [1.807, 2.05) is 0 Å². The van der Waals surface area contributed by atoms with Gasteiger partial charge in [-0.15, -0.1) is 0 Å². The maximum atomic E-state index is 3.84. The minimum Gasteiger partial charge on any atom is -0.314 e. The predicted octanol–water partition coefficient (Wildman–Crippen LogP) is 5.40. The molecule has 3 saturated carbocycles. The van der Waals surface area contributed by atoms with E-state index in [0.717, 1.165) is 29.7 Å². The Morgan fingerprint density at radius 1 is 0.952 bits per heavy atom. The normalized spacial score (nSPS) is 40.1. The molecule has 0 bridgehead atoms. The van der Waals surface area contributed by atoms with Gasteiger partial charge >= 0.3 is 0 Å². The van der Waals surface area contributed by atoms with Crippen LogP contribution >= 0.6 is 0 Å². The molecule has 0 spiro atoms. The van der Waals surface area contributed by atoms with Gasteiger partial charge in [0.2, 0.25) is 0 Å². The van der Waals surface area contributed by atoms with Gasteiger partial charge in [0, 0.05) is 6.04 Å². The van der Waals surface area contributed by atoms with Crippen LogP contribution in [0.5, 0.6) is 0 Å². The fraction of sp³-hybridized carbons (Fsp3) is 1.00. The van der Waals surface area contributed by atoms with E-state index in [-0.39, 0.29) is 0 Å². The average Bonchev–Trinajstić information content (AvgIpc) is 3.30. The summed E-state index contributed by atoms with van der Waals surface area (Å²) in [6.07, 6.45) is 14.8.